The van der Waals surface area contributed by atoms with E-state index in [1.807, 2.05) is 18.2 Å². The number of amides is 3. The van der Waals surface area contributed by atoms with Gasteiger partial charge in [-0.25, -0.2) is 4.79 Å². The quantitative estimate of drug-likeness (QED) is 0.778. The Morgan fingerprint density at radius 1 is 1.07 bits per heavy atom. The normalized spacial score (nSPS) is 12.7. The molecular formula is C21H25N3O5. The van der Waals surface area contributed by atoms with Crippen LogP contribution in [0.2, 0.25) is 0 Å². The van der Waals surface area contributed by atoms with Crippen molar-refractivity contribution >= 4 is 29.0 Å². The molecule has 2 aromatic rings. The zero-order valence-electron chi connectivity index (χ0n) is 16.8. The predicted molar refractivity (Wildman–Crippen MR) is 111 cm³/mol. The average molecular weight is 399 g/mol. The van der Waals surface area contributed by atoms with Gasteiger partial charge in [-0.3, -0.25) is 4.79 Å². The molecule has 29 heavy (non-hydrogen) atoms. The monoisotopic (exact) mass is 399 g/mol. The lowest BCUT2D eigenvalue weighted by atomic mass is 10.0. The van der Waals surface area contributed by atoms with Gasteiger partial charge in [0.05, 0.1) is 19.9 Å². The molecule has 1 heterocycles. The van der Waals surface area contributed by atoms with E-state index in [0.29, 0.717) is 29.4 Å². The molecule has 1 aliphatic rings. The van der Waals surface area contributed by atoms with E-state index in [1.165, 1.54) is 21.3 Å². The molecular weight excluding hydrogens is 374 g/mol. The molecule has 0 unspecified atom stereocenters. The van der Waals surface area contributed by atoms with Gasteiger partial charge in [0, 0.05) is 25.0 Å². The van der Waals surface area contributed by atoms with Crippen LogP contribution in [0.5, 0.6) is 11.5 Å². The maximum atomic E-state index is 12.5. The Morgan fingerprint density at radius 3 is 2.62 bits per heavy atom. The Bertz CT molecular complexity index is 900. The zero-order chi connectivity index (χ0) is 20.8. The first-order valence-electron chi connectivity index (χ1n) is 9.28. The number of ether oxygens (including phenoxy) is 3. The van der Waals surface area contributed by atoms with Crippen molar-refractivity contribution in [2.24, 2.45) is 0 Å². The van der Waals surface area contributed by atoms with Gasteiger partial charge in [0.15, 0.2) is 11.5 Å². The van der Waals surface area contributed by atoms with Crippen molar-refractivity contribution in [3.63, 3.8) is 0 Å². The number of anilines is 3. The van der Waals surface area contributed by atoms with Crippen LogP contribution >= 0.6 is 0 Å². The van der Waals surface area contributed by atoms with Crippen LogP contribution < -0.4 is 25.0 Å². The van der Waals surface area contributed by atoms with Crippen molar-refractivity contribution in [1.29, 1.82) is 0 Å². The number of para-hydroxylation sites is 1. The topological polar surface area (TPSA) is 89.1 Å². The van der Waals surface area contributed by atoms with Crippen LogP contribution in [-0.2, 0) is 16.0 Å². The first-order valence-corrected chi connectivity index (χ1v) is 9.28. The zero-order valence-corrected chi connectivity index (χ0v) is 16.8. The van der Waals surface area contributed by atoms with E-state index in [9.17, 15) is 9.59 Å². The van der Waals surface area contributed by atoms with Crippen LogP contribution in [-0.4, -0.2) is 46.4 Å². The molecule has 0 saturated heterocycles. The predicted octanol–water partition coefficient (Wildman–Crippen LogP) is 3.27. The van der Waals surface area contributed by atoms with Crippen LogP contribution in [0.1, 0.15) is 12.0 Å². The van der Waals surface area contributed by atoms with Crippen molar-refractivity contribution in [3.05, 3.63) is 42.0 Å². The van der Waals surface area contributed by atoms with E-state index in [-0.39, 0.29) is 12.5 Å². The number of methoxy groups -OCH3 is 3. The molecule has 0 aliphatic carbocycles. The van der Waals surface area contributed by atoms with Crippen molar-refractivity contribution in [1.82, 2.24) is 0 Å². The minimum absolute atomic E-state index is 0.0210. The Labute approximate surface area is 169 Å². The third-order valence-corrected chi connectivity index (χ3v) is 4.68. The number of fused-ring (bicyclic) bond motifs is 1. The first-order chi connectivity index (χ1) is 14.1. The smallest absolute Gasteiger partial charge is 0.323 e. The number of carbonyl (C=O) groups is 2. The summed E-state index contributed by atoms with van der Waals surface area (Å²) in [4.78, 5) is 26.6. The number of rotatable bonds is 6. The van der Waals surface area contributed by atoms with Gasteiger partial charge in [-0.1, -0.05) is 12.1 Å². The molecule has 3 amide bonds. The van der Waals surface area contributed by atoms with Crippen molar-refractivity contribution in [2.45, 2.75) is 12.8 Å². The highest BCUT2D eigenvalue weighted by Crippen LogP contribution is 2.35. The molecule has 0 atom stereocenters. The third-order valence-electron chi connectivity index (χ3n) is 4.68. The number of hydrogen-bond acceptors (Lipinski definition) is 5. The summed E-state index contributed by atoms with van der Waals surface area (Å²) in [7, 11) is 4.54. The maximum Gasteiger partial charge on any atom is 0.323 e. The summed E-state index contributed by atoms with van der Waals surface area (Å²) in [5.41, 5.74) is 2.94. The Kier molecular flexibility index (Phi) is 6.56. The molecule has 2 aromatic carbocycles. The van der Waals surface area contributed by atoms with Crippen LogP contribution in [0.25, 0.3) is 0 Å². The lowest BCUT2D eigenvalue weighted by Gasteiger charge is -2.30. The SMILES string of the molecule is COCC(=O)N1CCCc2ccc(NC(=O)Nc3cccc(OC)c3OC)cc21. The number of carbonyl (C=O) groups excluding carboxylic acids is 2. The Balaban J connectivity index is 1.77. The molecule has 0 fully saturated rings. The van der Waals surface area contributed by atoms with Crippen molar-refractivity contribution < 1.29 is 23.8 Å². The molecule has 8 heteroatoms. The average Bonchev–Trinajstić information content (AvgIpc) is 2.73. The van der Waals surface area contributed by atoms with Crippen LogP contribution in [0.4, 0.5) is 21.9 Å². The van der Waals surface area contributed by atoms with Crippen molar-refractivity contribution in [2.75, 3.05) is 50.0 Å². The van der Waals surface area contributed by atoms with Gasteiger partial charge in [-0.2, -0.15) is 0 Å². The molecule has 0 aromatic heterocycles. The molecule has 0 bridgehead atoms. The van der Waals surface area contributed by atoms with Gasteiger partial charge in [-0.05, 0) is 42.7 Å². The number of benzene rings is 2. The van der Waals surface area contributed by atoms with E-state index in [2.05, 4.69) is 10.6 Å². The number of hydrogen-bond donors (Lipinski definition) is 2. The van der Waals surface area contributed by atoms with Gasteiger partial charge in [-0.15, -0.1) is 0 Å². The minimum atomic E-state index is -0.429. The fourth-order valence-electron chi connectivity index (χ4n) is 3.38. The fraction of sp³-hybridized carbons (Fsp3) is 0.333. The van der Waals surface area contributed by atoms with E-state index in [1.54, 1.807) is 23.1 Å². The summed E-state index contributed by atoms with van der Waals surface area (Å²) in [6, 6.07) is 10.4. The van der Waals surface area contributed by atoms with Crippen LogP contribution in [0, 0.1) is 0 Å². The second-order valence-corrected chi connectivity index (χ2v) is 6.55. The highest BCUT2D eigenvalue weighted by atomic mass is 16.5. The van der Waals surface area contributed by atoms with Crippen LogP contribution in [0.15, 0.2) is 36.4 Å². The van der Waals surface area contributed by atoms with E-state index in [0.717, 1.165) is 24.1 Å². The van der Waals surface area contributed by atoms with Gasteiger partial charge in [0.2, 0.25) is 0 Å². The summed E-state index contributed by atoms with van der Waals surface area (Å²) in [6.45, 7) is 0.652. The summed E-state index contributed by atoms with van der Waals surface area (Å²) in [6.07, 6.45) is 1.78. The number of nitrogens with zero attached hydrogens (tertiary/aromatic N) is 1. The summed E-state index contributed by atoms with van der Waals surface area (Å²) < 4.78 is 15.6. The van der Waals surface area contributed by atoms with E-state index < -0.39 is 6.03 Å². The fourth-order valence-corrected chi connectivity index (χ4v) is 3.38. The standard InChI is InChI=1S/C21H25N3O5/c1-27-13-19(25)24-11-5-6-14-9-10-15(12-17(14)24)22-21(26)23-16-7-4-8-18(28-2)20(16)29-3/h4,7-10,12H,5-6,11,13H2,1-3H3,(H2,22,23,26). The lowest BCUT2D eigenvalue weighted by Crippen LogP contribution is -2.37. The van der Waals surface area contributed by atoms with Gasteiger partial charge in [0.1, 0.15) is 6.61 Å². The van der Waals surface area contributed by atoms with E-state index >= 15 is 0 Å². The lowest BCUT2D eigenvalue weighted by molar-refractivity contribution is -0.122. The van der Waals surface area contributed by atoms with Gasteiger partial charge >= 0.3 is 6.03 Å². The van der Waals surface area contributed by atoms with E-state index in [4.69, 9.17) is 14.2 Å². The summed E-state index contributed by atoms with van der Waals surface area (Å²) in [5.74, 6) is 0.856. The molecule has 0 saturated carbocycles. The van der Waals surface area contributed by atoms with Crippen molar-refractivity contribution in [3.8, 4) is 11.5 Å². The second kappa shape index (κ2) is 9.29. The molecule has 2 N–H and O–H groups in total. The molecule has 3 rings (SSSR count). The summed E-state index contributed by atoms with van der Waals surface area (Å²) in [5, 5.41) is 5.57. The van der Waals surface area contributed by atoms with Gasteiger partial charge in [0.25, 0.3) is 5.91 Å². The Hall–Kier alpha value is -3.26. The molecule has 0 spiro atoms. The Morgan fingerprint density at radius 2 is 1.90 bits per heavy atom. The molecule has 0 radical (unpaired) electrons. The van der Waals surface area contributed by atoms with Crippen LogP contribution in [0.3, 0.4) is 0 Å². The summed E-state index contributed by atoms with van der Waals surface area (Å²) >= 11 is 0. The third kappa shape index (κ3) is 4.60. The molecule has 8 nitrogen and oxygen atoms in total. The highest BCUT2D eigenvalue weighted by molar-refractivity contribution is 6.02. The van der Waals surface area contributed by atoms with Gasteiger partial charge < -0.3 is 29.7 Å². The highest BCUT2D eigenvalue weighted by Gasteiger charge is 2.23. The number of urea groups is 1. The number of nitrogens with one attached hydrogen (secondary N) is 2. The largest absolute Gasteiger partial charge is 0.493 e. The molecule has 154 valence electrons. The second-order valence-electron chi connectivity index (χ2n) is 6.55. The minimum Gasteiger partial charge on any atom is -0.493 e. The maximum absolute atomic E-state index is 12.5. The molecule has 1 aliphatic heterocycles. The number of aryl methyl sites for hydroxylation is 1. The first kappa shape index (κ1) is 20.5.